The minimum absolute atomic E-state index is 0.132. The van der Waals surface area contributed by atoms with Gasteiger partial charge in [0.15, 0.2) is 11.5 Å². The quantitative estimate of drug-likeness (QED) is 0.622. The third-order valence-electron chi connectivity index (χ3n) is 4.55. The van der Waals surface area contributed by atoms with Gasteiger partial charge in [-0.25, -0.2) is 0 Å². The Kier molecular flexibility index (Phi) is 3.82. The summed E-state index contributed by atoms with van der Waals surface area (Å²) in [5.74, 6) is 0.943. The standard InChI is InChI=1S/C18H23NO4/c1-18(2,3)17(21)23-15-9-11-7-8-19-13(5-6-16(19)20)12(11)10-14(15)22-4/h9-10,13H,5-8H2,1-4H3/t13-/m1/s1. The number of nitrogens with zero attached hydrogens (tertiary/aromatic N) is 1. The normalized spacial score (nSPS) is 20.1. The van der Waals surface area contributed by atoms with Crippen molar-refractivity contribution in [1.29, 1.82) is 0 Å². The number of rotatable bonds is 2. The van der Waals surface area contributed by atoms with E-state index < -0.39 is 5.41 Å². The lowest BCUT2D eigenvalue weighted by molar-refractivity contribution is -0.143. The zero-order chi connectivity index (χ0) is 16.8. The predicted molar refractivity (Wildman–Crippen MR) is 85.5 cm³/mol. The van der Waals surface area contributed by atoms with Gasteiger partial charge in [0.1, 0.15) is 0 Å². The lowest BCUT2D eigenvalue weighted by atomic mass is 9.92. The van der Waals surface area contributed by atoms with Crippen LogP contribution in [0.5, 0.6) is 11.5 Å². The van der Waals surface area contributed by atoms with E-state index in [-0.39, 0.29) is 17.9 Å². The highest BCUT2D eigenvalue weighted by Gasteiger charge is 2.37. The average molecular weight is 317 g/mol. The van der Waals surface area contributed by atoms with E-state index in [9.17, 15) is 9.59 Å². The van der Waals surface area contributed by atoms with Crippen LogP contribution < -0.4 is 9.47 Å². The molecule has 5 heteroatoms. The molecule has 1 aromatic rings. The monoisotopic (exact) mass is 317 g/mol. The fraction of sp³-hybridized carbons (Fsp3) is 0.556. The Labute approximate surface area is 136 Å². The molecule has 124 valence electrons. The highest BCUT2D eigenvalue weighted by atomic mass is 16.6. The predicted octanol–water partition coefficient (Wildman–Crippen LogP) is 2.87. The first-order valence-corrected chi connectivity index (χ1v) is 8.04. The fourth-order valence-electron chi connectivity index (χ4n) is 3.21. The zero-order valence-electron chi connectivity index (χ0n) is 14.1. The molecule has 0 unspecified atom stereocenters. The van der Waals surface area contributed by atoms with Crippen molar-refractivity contribution < 1.29 is 19.1 Å². The van der Waals surface area contributed by atoms with Crippen molar-refractivity contribution in [2.45, 2.75) is 46.1 Å². The first kappa shape index (κ1) is 15.8. The smallest absolute Gasteiger partial charge is 0.316 e. The summed E-state index contributed by atoms with van der Waals surface area (Å²) in [4.78, 5) is 26.0. The molecule has 3 rings (SSSR count). The Morgan fingerprint density at radius 2 is 1.96 bits per heavy atom. The number of hydrogen-bond donors (Lipinski definition) is 0. The van der Waals surface area contributed by atoms with Crippen molar-refractivity contribution in [3.8, 4) is 11.5 Å². The number of carbonyl (C=O) groups is 2. The van der Waals surface area contributed by atoms with Crippen molar-refractivity contribution >= 4 is 11.9 Å². The number of carbonyl (C=O) groups excluding carboxylic acids is 2. The summed E-state index contributed by atoms with van der Waals surface area (Å²) < 4.78 is 11.0. The molecule has 0 aliphatic carbocycles. The molecule has 23 heavy (non-hydrogen) atoms. The second-order valence-corrected chi connectivity index (χ2v) is 7.23. The SMILES string of the molecule is COc1cc2c(cc1OC(=O)C(C)(C)C)CCN1C(=O)CC[C@H]21. The minimum Gasteiger partial charge on any atom is -0.493 e. The molecule has 0 radical (unpaired) electrons. The minimum atomic E-state index is -0.574. The Morgan fingerprint density at radius 1 is 1.22 bits per heavy atom. The second kappa shape index (κ2) is 5.55. The molecule has 0 N–H and O–H groups in total. The van der Waals surface area contributed by atoms with Crippen LogP contribution in [-0.4, -0.2) is 30.4 Å². The number of amides is 1. The molecule has 1 amide bonds. The lowest BCUT2D eigenvalue weighted by Gasteiger charge is -2.32. The molecule has 5 nitrogen and oxygen atoms in total. The van der Waals surface area contributed by atoms with E-state index in [0.717, 1.165) is 30.5 Å². The van der Waals surface area contributed by atoms with Gasteiger partial charge in [-0.15, -0.1) is 0 Å². The summed E-state index contributed by atoms with van der Waals surface area (Å²) in [6.45, 7) is 6.20. The molecule has 0 saturated carbocycles. The zero-order valence-corrected chi connectivity index (χ0v) is 14.1. The Morgan fingerprint density at radius 3 is 2.61 bits per heavy atom. The molecule has 2 heterocycles. The van der Waals surface area contributed by atoms with Crippen LogP contribution in [0.25, 0.3) is 0 Å². The van der Waals surface area contributed by atoms with Crippen molar-refractivity contribution in [3.05, 3.63) is 23.3 Å². The molecular formula is C18H23NO4. The summed E-state index contributed by atoms with van der Waals surface area (Å²) in [5, 5.41) is 0. The third kappa shape index (κ3) is 2.80. The number of hydrogen-bond acceptors (Lipinski definition) is 4. The van der Waals surface area contributed by atoms with E-state index >= 15 is 0 Å². The van der Waals surface area contributed by atoms with E-state index in [0.29, 0.717) is 17.9 Å². The molecule has 0 bridgehead atoms. The van der Waals surface area contributed by atoms with Gasteiger partial charge in [-0.2, -0.15) is 0 Å². The first-order valence-electron chi connectivity index (χ1n) is 8.04. The van der Waals surface area contributed by atoms with Crippen LogP contribution in [0.1, 0.15) is 50.8 Å². The number of methoxy groups -OCH3 is 1. The third-order valence-corrected chi connectivity index (χ3v) is 4.55. The van der Waals surface area contributed by atoms with Crippen LogP contribution >= 0.6 is 0 Å². The van der Waals surface area contributed by atoms with Gasteiger partial charge in [-0.05, 0) is 56.9 Å². The Bertz CT molecular complexity index is 660. The number of ether oxygens (including phenoxy) is 2. The van der Waals surface area contributed by atoms with Crippen molar-refractivity contribution in [1.82, 2.24) is 4.90 Å². The van der Waals surface area contributed by atoms with Gasteiger partial charge in [0.05, 0.1) is 18.6 Å². The van der Waals surface area contributed by atoms with Gasteiger partial charge < -0.3 is 14.4 Å². The number of esters is 1. The second-order valence-electron chi connectivity index (χ2n) is 7.23. The fourth-order valence-corrected chi connectivity index (χ4v) is 3.21. The highest BCUT2D eigenvalue weighted by Crippen LogP contribution is 2.43. The highest BCUT2D eigenvalue weighted by molar-refractivity contribution is 5.80. The van der Waals surface area contributed by atoms with Gasteiger partial charge >= 0.3 is 5.97 Å². The van der Waals surface area contributed by atoms with Crippen LogP contribution in [0.2, 0.25) is 0 Å². The summed E-state index contributed by atoms with van der Waals surface area (Å²) in [6.07, 6.45) is 2.23. The van der Waals surface area contributed by atoms with Gasteiger partial charge in [0.25, 0.3) is 0 Å². The molecule has 0 aromatic heterocycles. The maximum absolute atomic E-state index is 12.2. The Balaban J connectivity index is 1.95. The molecular weight excluding hydrogens is 294 g/mol. The molecule has 2 aliphatic heterocycles. The maximum atomic E-state index is 12.2. The first-order chi connectivity index (χ1) is 10.8. The van der Waals surface area contributed by atoms with E-state index in [2.05, 4.69) is 0 Å². The summed E-state index contributed by atoms with van der Waals surface area (Å²) in [5.41, 5.74) is 1.68. The Hall–Kier alpha value is -2.04. The van der Waals surface area contributed by atoms with E-state index in [4.69, 9.17) is 9.47 Å². The van der Waals surface area contributed by atoms with E-state index in [1.54, 1.807) is 7.11 Å². The molecule has 1 saturated heterocycles. The maximum Gasteiger partial charge on any atom is 0.316 e. The van der Waals surface area contributed by atoms with Crippen LogP contribution in [0, 0.1) is 5.41 Å². The van der Waals surface area contributed by atoms with Gasteiger partial charge in [-0.1, -0.05) is 0 Å². The summed E-state index contributed by atoms with van der Waals surface area (Å²) in [6, 6.07) is 3.96. The van der Waals surface area contributed by atoms with Gasteiger partial charge in [0, 0.05) is 13.0 Å². The lowest BCUT2D eigenvalue weighted by Crippen LogP contribution is -2.34. The number of benzene rings is 1. The molecule has 1 atom stereocenters. The van der Waals surface area contributed by atoms with Crippen LogP contribution in [0.15, 0.2) is 12.1 Å². The van der Waals surface area contributed by atoms with Crippen molar-refractivity contribution in [3.63, 3.8) is 0 Å². The largest absolute Gasteiger partial charge is 0.493 e. The summed E-state index contributed by atoms with van der Waals surface area (Å²) >= 11 is 0. The van der Waals surface area contributed by atoms with Gasteiger partial charge in [-0.3, -0.25) is 9.59 Å². The van der Waals surface area contributed by atoms with Gasteiger partial charge in [0.2, 0.25) is 5.91 Å². The summed E-state index contributed by atoms with van der Waals surface area (Å²) in [7, 11) is 1.57. The van der Waals surface area contributed by atoms with Crippen LogP contribution in [0.3, 0.4) is 0 Å². The molecule has 1 aromatic carbocycles. The molecule has 1 fully saturated rings. The van der Waals surface area contributed by atoms with E-state index in [1.807, 2.05) is 37.8 Å². The van der Waals surface area contributed by atoms with Crippen LogP contribution in [0.4, 0.5) is 0 Å². The topological polar surface area (TPSA) is 55.8 Å². The van der Waals surface area contributed by atoms with Crippen molar-refractivity contribution in [2.24, 2.45) is 5.41 Å². The molecule has 0 spiro atoms. The van der Waals surface area contributed by atoms with Crippen molar-refractivity contribution in [2.75, 3.05) is 13.7 Å². The number of fused-ring (bicyclic) bond motifs is 3. The van der Waals surface area contributed by atoms with Crippen LogP contribution in [-0.2, 0) is 16.0 Å². The molecule has 2 aliphatic rings. The van der Waals surface area contributed by atoms with E-state index in [1.165, 1.54) is 0 Å². The average Bonchev–Trinajstić information content (AvgIpc) is 2.87.